The van der Waals surface area contributed by atoms with Gasteiger partial charge in [-0.1, -0.05) is 13.0 Å². The van der Waals surface area contributed by atoms with E-state index in [1.165, 1.54) is 5.56 Å². The molecule has 9 heteroatoms. The van der Waals surface area contributed by atoms with Gasteiger partial charge in [-0.15, -0.1) is 0 Å². The average Bonchev–Trinajstić information content (AvgIpc) is 2.88. The van der Waals surface area contributed by atoms with E-state index in [1.54, 1.807) is 12.4 Å². The van der Waals surface area contributed by atoms with Crippen LogP contribution in [0, 0.1) is 0 Å². The van der Waals surface area contributed by atoms with Gasteiger partial charge in [0.2, 0.25) is 0 Å². The second kappa shape index (κ2) is 13.7. The lowest BCUT2D eigenvalue weighted by Crippen LogP contribution is -2.39. The quantitative estimate of drug-likeness (QED) is 0.409. The van der Waals surface area contributed by atoms with Crippen molar-refractivity contribution in [2.75, 3.05) is 49.7 Å². The number of benzene rings is 1. The van der Waals surface area contributed by atoms with Crippen LogP contribution in [0.15, 0.2) is 30.6 Å². The molecule has 2 aromatic rings. The first-order valence-electron chi connectivity index (χ1n) is 12.8. The topological polar surface area (TPSA) is 101 Å². The zero-order chi connectivity index (χ0) is 25.0. The zero-order valence-corrected chi connectivity index (χ0v) is 21.5. The van der Waals surface area contributed by atoms with Crippen LogP contribution >= 0.6 is 0 Å². The molecule has 0 saturated carbocycles. The fraction of sp³-hybridized carbons (Fsp3) is 0.577. The lowest BCUT2D eigenvalue weighted by molar-refractivity contribution is 0.0846. The third-order valence-electron chi connectivity index (χ3n) is 6.29. The van der Waals surface area contributed by atoms with E-state index in [0.29, 0.717) is 31.7 Å². The van der Waals surface area contributed by atoms with E-state index in [9.17, 15) is 4.79 Å². The molecule has 2 amide bonds. The van der Waals surface area contributed by atoms with E-state index in [-0.39, 0.29) is 11.9 Å². The highest BCUT2D eigenvalue weighted by Crippen LogP contribution is 2.35. The Bertz CT molecular complexity index is 918. The van der Waals surface area contributed by atoms with Crippen molar-refractivity contribution in [3.63, 3.8) is 0 Å². The summed E-state index contributed by atoms with van der Waals surface area (Å²) in [5.74, 6) is 0.196. The first-order chi connectivity index (χ1) is 17.1. The van der Waals surface area contributed by atoms with E-state index < -0.39 is 0 Å². The van der Waals surface area contributed by atoms with Crippen LogP contribution in [0.5, 0.6) is 6.01 Å². The van der Waals surface area contributed by atoms with Gasteiger partial charge in [0, 0.05) is 44.8 Å². The second-order valence-electron chi connectivity index (χ2n) is 8.56. The summed E-state index contributed by atoms with van der Waals surface area (Å²) < 4.78 is 11.0. The number of hydrogen-bond donors (Lipinski definition) is 3. The Labute approximate surface area is 209 Å². The van der Waals surface area contributed by atoms with Gasteiger partial charge in [0.1, 0.15) is 0 Å². The van der Waals surface area contributed by atoms with Gasteiger partial charge in [0.05, 0.1) is 36.1 Å². The van der Waals surface area contributed by atoms with E-state index in [4.69, 9.17) is 9.47 Å². The normalized spacial score (nSPS) is 14.7. The molecule has 192 valence electrons. The predicted octanol–water partition coefficient (Wildman–Crippen LogP) is 4.44. The van der Waals surface area contributed by atoms with Crippen molar-refractivity contribution in [1.82, 2.24) is 20.6 Å². The zero-order valence-electron chi connectivity index (χ0n) is 21.5. The van der Waals surface area contributed by atoms with E-state index in [0.717, 1.165) is 56.1 Å². The van der Waals surface area contributed by atoms with Crippen LogP contribution < -0.4 is 25.6 Å². The Morgan fingerprint density at radius 1 is 1.14 bits per heavy atom. The summed E-state index contributed by atoms with van der Waals surface area (Å²) in [7, 11) is 0. The van der Waals surface area contributed by atoms with Crippen molar-refractivity contribution in [2.24, 2.45) is 0 Å². The number of carbonyl (C=O) groups excluding carboxylic acids is 1. The monoisotopic (exact) mass is 484 g/mol. The van der Waals surface area contributed by atoms with Crippen LogP contribution in [0.25, 0.3) is 0 Å². The summed E-state index contributed by atoms with van der Waals surface area (Å²) in [4.78, 5) is 23.0. The number of nitrogens with zero attached hydrogens (tertiary/aromatic N) is 3. The van der Waals surface area contributed by atoms with Gasteiger partial charge in [0.25, 0.3) is 0 Å². The van der Waals surface area contributed by atoms with E-state index in [2.05, 4.69) is 62.9 Å². The molecule has 1 aromatic heterocycles. The second-order valence-corrected chi connectivity index (χ2v) is 8.56. The Morgan fingerprint density at radius 2 is 1.89 bits per heavy atom. The van der Waals surface area contributed by atoms with Crippen LogP contribution in [0.2, 0.25) is 0 Å². The molecular formula is C26H40N6O3. The summed E-state index contributed by atoms with van der Waals surface area (Å²) in [6.07, 6.45) is 6.42. The fourth-order valence-electron chi connectivity index (χ4n) is 4.46. The third kappa shape index (κ3) is 7.45. The van der Waals surface area contributed by atoms with Gasteiger partial charge in [-0.05, 0) is 57.7 Å². The Kier molecular flexibility index (Phi) is 10.4. The maximum Gasteiger partial charge on any atom is 0.316 e. The number of carbonyl (C=O) groups is 1. The minimum Gasteiger partial charge on any atom is -0.464 e. The molecule has 1 aliphatic rings. The van der Waals surface area contributed by atoms with Crippen LogP contribution in [0.1, 0.15) is 58.4 Å². The number of aromatic nitrogens is 2. The molecule has 3 N–H and O–H groups in total. The summed E-state index contributed by atoms with van der Waals surface area (Å²) in [5.41, 5.74) is 4.11. The molecule has 1 aliphatic heterocycles. The molecule has 1 saturated heterocycles. The Balaban J connectivity index is 1.90. The molecule has 9 nitrogen and oxygen atoms in total. The van der Waals surface area contributed by atoms with Gasteiger partial charge in [-0.25, -0.2) is 14.8 Å². The Hall–Kier alpha value is -3.07. The van der Waals surface area contributed by atoms with Crippen LogP contribution in [-0.2, 0) is 4.74 Å². The summed E-state index contributed by atoms with van der Waals surface area (Å²) in [5, 5.41) is 9.34. The van der Waals surface area contributed by atoms with Gasteiger partial charge in [-0.3, -0.25) is 0 Å². The SMILES string of the molecule is CCNC(=O)NCC(CC)c1ccc(N(CC)C2CCOCC2)c(Nc2cnc(OCC)nc2)c1. The van der Waals surface area contributed by atoms with Crippen molar-refractivity contribution < 1.29 is 14.3 Å². The van der Waals surface area contributed by atoms with Crippen LogP contribution in [0.4, 0.5) is 21.9 Å². The molecule has 3 rings (SSSR count). The third-order valence-corrected chi connectivity index (χ3v) is 6.29. The van der Waals surface area contributed by atoms with Crippen molar-refractivity contribution in [2.45, 2.75) is 58.9 Å². The maximum absolute atomic E-state index is 12.0. The molecule has 35 heavy (non-hydrogen) atoms. The number of urea groups is 1. The molecular weight excluding hydrogens is 444 g/mol. The number of rotatable bonds is 12. The minimum absolute atomic E-state index is 0.135. The van der Waals surface area contributed by atoms with Crippen LogP contribution in [0.3, 0.4) is 0 Å². The molecule has 1 fully saturated rings. The Morgan fingerprint density at radius 3 is 2.51 bits per heavy atom. The summed E-state index contributed by atoms with van der Waals surface area (Å²) in [6.45, 7) is 12.3. The van der Waals surface area contributed by atoms with Crippen molar-refractivity contribution in [1.29, 1.82) is 0 Å². The smallest absolute Gasteiger partial charge is 0.316 e. The molecule has 0 bridgehead atoms. The van der Waals surface area contributed by atoms with Crippen molar-refractivity contribution >= 4 is 23.1 Å². The molecule has 0 radical (unpaired) electrons. The largest absolute Gasteiger partial charge is 0.464 e. The van der Waals surface area contributed by atoms with Gasteiger partial charge in [-0.2, -0.15) is 0 Å². The number of hydrogen-bond acceptors (Lipinski definition) is 7. The van der Waals surface area contributed by atoms with E-state index in [1.807, 2.05) is 13.8 Å². The first kappa shape index (κ1) is 26.5. The number of ether oxygens (including phenoxy) is 2. The maximum atomic E-state index is 12.0. The highest BCUT2D eigenvalue weighted by Gasteiger charge is 2.24. The highest BCUT2D eigenvalue weighted by atomic mass is 16.5. The molecule has 2 heterocycles. The average molecular weight is 485 g/mol. The first-order valence-corrected chi connectivity index (χ1v) is 12.8. The molecule has 1 atom stereocenters. The number of amides is 2. The summed E-state index contributed by atoms with van der Waals surface area (Å²) >= 11 is 0. The van der Waals surface area contributed by atoms with Gasteiger partial charge >= 0.3 is 12.0 Å². The highest BCUT2D eigenvalue weighted by molar-refractivity contribution is 5.76. The number of anilines is 3. The fourth-order valence-corrected chi connectivity index (χ4v) is 4.46. The number of nitrogens with one attached hydrogen (secondary N) is 3. The minimum atomic E-state index is -0.135. The van der Waals surface area contributed by atoms with Crippen molar-refractivity contribution in [3.05, 3.63) is 36.2 Å². The molecule has 0 aliphatic carbocycles. The summed E-state index contributed by atoms with van der Waals surface area (Å²) in [6, 6.07) is 7.24. The van der Waals surface area contributed by atoms with E-state index >= 15 is 0 Å². The lowest BCUT2D eigenvalue weighted by atomic mass is 9.94. The predicted molar refractivity (Wildman–Crippen MR) is 140 cm³/mol. The molecule has 1 aromatic carbocycles. The standard InChI is InChI=1S/C26H40N6O3/c1-5-19(16-28-25(33)27-6-2)20-9-10-24(32(7-3)22-11-13-34-14-12-22)23(15-20)31-21-17-29-26(30-18-21)35-8-4/h9-10,15,17-19,22,31H,5-8,11-14,16H2,1-4H3,(H2,27,28,33). The van der Waals surface area contributed by atoms with Gasteiger partial charge < -0.3 is 30.3 Å². The lowest BCUT2D eigenvalue weighted by Gasteiger charge is -2.37. The van der Waals surface area contributed by atoms with Crippen molar-refractivity contribution in [3.8, 4) is 6.01 Å². The van der Waals surface area contributed by atoms with Crippen LogP contribution in [-0.4, -0.2) is 61.5 Å². The molecule has 1 unspecified atom stereocenters. The van der Waals surface area contributed by atoms with Gasteiger partial charge in [0.15, 0.2) is 0 Å². The molecule has 0 spiro atoms.